The van der Waals surface area contributed by atoms with Gasteiger partial charge in [0.05, 0.1) is 11.5 Å². The van der Waals surface area contributed by atoms with E-state index in [0.29, 0.717) is 30.6 Å². The Kier molecular flexibility index (Phi) is 4.31. The minimum atomic E-state index is -0.437. The summed E-state index contributed by atoms with van der Waals surface area (Å²) in [6, 6.07) is 8.17. The van der Waals surface area contributed by atoms with Crippen molar-refractivity contribution >= 4 is 11.6 Å². The predicted octanol–water partition coefficient (Wildman–Crippen LogP) is 3.44. The van der Waals surface area contributed by atoms with E-state index in [-0.39, 0.29) is 11.8 Å². The van der Waals surface area contributed by atoms with Gasteiger partial charge in [-0.05, 0) is 43.2 Å². The Hall–Kier alpha value is -2.21. The molecular weight excluding hydrogens is 328 g/mol. The van der Waals surface area contributed by atoms with Crippen LogP contribution in [0.1, 0.15) is 75.1 Å². The summed E-state index contributed by atoms with van der Waals surface area (Å²) in [6.45, 7) is 4.94. The Labute approximate surface area is 153 Å². The fraction of sp³-hybridized carbons (Fsp3) is 0.550. The molecule has 138 valence electrons. The third-order valence-electron chi connectivity index (χ3n) is 5.98. The molecule has 6 nitrogen and oxygen atoms in total. The number of anilines is 1. The van der Waals surface area contributed by atoms with E-state index in [4.69, 9.17) is 10.3 Å². The van der Waals surface area contributed by atoms with Gasteiger partial charge in [-0.25, -0.2) is 0 Å². The van der Waals surface area contributed by atoms with Gasteiger partial charge in [-0.1, -0.05) is 37.2 Å². The SMILES string of the molecule is CCC(C)c1ccccc1N1CC(c2nc(C3(N)CCC3)no2)CC1=O. The fourth-order valence-corrected chi connectivity index (χ4v) is 3.86. The van der Waals surface area contributed by atoms with E-state index < -0.39 is 5.54 Å². The van der Waals surface area contributed by atoms with Gasteiger partial charge >= 0.3 is 0 Å². The van der Waals surface area contributed by atoms with Crippen molar-refractivity contribution in [2.24, 2.45) is 5.73 Å². The molecule has 1 aromatic carbocycles. The third kappa shape index (κ3) is 2.82. The molecular formula is C20H26N4O2. The van der Waals surface area contributed by atoms with Gasteiger partial charge in [0.15, 0.2) is 5.82 Å². The average Bonchev–Trinajstić information content (AvgIpc) is 3.26. The number of carbonyl (C=O) groups is 1. The first-order valence-corrected chi connectivity index (χ1v) is 9.54. The number of rotatable bonds is 5. The molecule has 2 fully saturated rings. The van der Waals surface area contributed by atoms with Gasteiger partial charge in [0.25, 0.3) is 0 Å². The molecule has 1 saturated heterocycles. The molecule has 2 N–H and O–H groups in total. The lowest BCUT2D eigenvalue weighted by Gasteiger charge is -2.34. The highest BCUT2D eigenvalue weighted by atomic mass is 16.5. The summed E-state index contributed by atoms with van der Waals surface area (Å²) in [7, 11) is 0. The lowest BCUT2D eigenvalue weighted by Crippen LogP contribution is -2.44. The molecule has 2 atom stereocenters. The molecule has 2 aromatic rings. The minimum absolute atomic E-state index is 0.0718. The number of benzene rings is 1. The summed E-state index contributed by atoms with van der Waals surface area (Å²) in [4.78, 5) is 19.1. The molecule has 1 aromatic heterocycles. The quantitative estimate of drug-likeness (QED) is 0.889. The highest BCUT2D eigenvalue weighted by Crippen LogP contribution is 2.39. The minimum Gasteiger partial charge on any atom is -0.339 e. The van der Waals surface area contributed by atoms with Crippen LogP contribution in [-0.2, 0) is 10.3 Å². The van der Waals surface area contributed by atoms with Gasteiger partial charge in [-0.3, -0.25) is 4.79 Å². The van der Waals surface area contributed by atoms with Crippen molar-refractivity contribution in [2.75, 3.05) is 11.4 Å². The van der Waals surface area contributed by atoms with Gasteiger partial charge in [-0.2, -0.15) is 4.98 Å². The zero-order valence-corrected chi connectivity index (χ0v) is 15.4. The fourth-order valence-electron chi connectivity index (χ4n) is 3.86. The summed E-state index contributed by atoms with van der Waals surface area (Å²) >= 11 is 0. The highest BCUT2D eigenvalue weighted by molar-refractivity contribution is 5.97. The Morgan fingerprint density at radius 1 is 1.38 bits per heavy atom. The van der Waals surface area contributed by atoms with Crippen LogP contribution >= 0.6 is 0 Å². The van der Waals surface area contributed by atoms with Crippen molar-refractivity contribution in [3.8, 4) is 0 Å². The monoisotopic (exact) mass is 354 g/mol. The number of carbonyl (C=O) groups excluding carboxylic acids is 1. The standard InChI is InChI=1S/C20H26N4O2/c1-3-13(2)15-7-4-5-8-16(15)24-12-14(11-17(24)25)18-22-19(23-26-18)20(21)9-6-10-20/h4-5,7-8,13-14H,3,6,9-12,21H2,1-2H3. The molecule has 2 unspecified atom stereocenters. The van der Waals surface area contributed by atoms with E-state index in [0.717, 1.165) is 31.4 Å². The first-order valence-electron chi connectivity index (χ1n) is 9.54. The molecule has 4 rings (SSSR count). The normalized spacial score (nSPS) is 23.1. The number of nitrogens with zero attached hydrogens (tertiary/aromatic N) is 3. The van der Waals surface area contributed by atoms with E-state index in [2.05, 4.69) is 30.1 Å². The Balaban J connectivity index is 1.57. The van der Waals surface area contributed by atoms with Crippen molar-refractivity contribution in [2.45, 2.75) is 63.3 Å². The lowest BCUT2D eigenvalue weighted by molar-refractivity contribution is -0.117. The van der Waals surface area contributed by atoms with E-state index in [1.807, 2.05) is 23.1 Å². The predicted molar refractivity (Wildman–Crippen MR) is 98.9 cm³/mol. The van der Waals surface area contributed by atoms with Crippen molar-refractivity contribution in [3.05, 3.63) is 41.5 Å². The van der Waals surface area contributed by atoms with Crippen LogP contribution in [0.2, 0.25) is 0 Å². The van der Waals surface area contributed by atoms with Gasteiger partial charge in [0, 0.05) is 18.7 Å². The lowest BCUT2D eigenvalue weighted by atomic mass is 9.77. The molecule has 1 aliphatic carbocycles. The molecule has 2 heterocycles. The Morgan fingerprint density at radius 2 is 2.15 bits per heavy atom. The molecule has 26 heavy (non-hydrogen) atoms. The summed E-state index contributed by atoms with van der Waals surface area (Å²) in [6.07, 6.45) is 4.32. The molecule has 1 saturated carbocycles. The molecule has 2 aliphatic rings. The van der Waals surface area contributed by atoms with Crippen LogP contribution in [0.15, 0.2) is 28.8 Å². The largest absolute Gasteiger partial charge is 0.339 e. The van der Waals surface area contributed by atoms with Crippen LogP contribution < -0.4 is 10.6 Å². The second-order valence-corrected chi connectivity index (χ2v) is 7.74. The highest BCUT2D eigenvalue weighted by Gasteiger charge is 2.41. The van der Waals surface area contributed by atoms with Crippen molar-refractivity contribution in [1.82, 2.24) is 10.1 Å². The summed E-state index contributed by atoms with van der Waals surface area (Å²) < 4.78 is 5.48. The van der Waals surface area contributed by atoms with Gasteiger partial charge in [0.2, 0.25) is 11.8 Å². The Bertz CT molecular complexity index is 812. The smallest absolute Gasteiger partial charge is 0.232 e. The topological polar surface area (TPSA) is 85.2 Å². The number of para-hydroxylation sites is 1. The van der Waals surface area contributed by atoms with Crippen LogP contribution in [0.4, 0.5) is 5.69 Å². The van der Waals surface area contributed by atoms with Crippen LogP contribution in [0.3, 0.4) is 0 Å². The molecule has 0 bridgehead atoms. The van der Waals surface area contributed by atoms with Crippen LogP contribution in [0.5, 0.6) is 0 Å². The number of aromatic nitrogens is 2. The number of hydrogen-bond acceptors (Lipinski definition) is 5. The summed E-state index contributed by atoms with van der Waals surface area (Å²) in [5.74, 6) is 1.57. The number of amides is 1. The van der Waals surface area contributed by atoms with Gasteiger partial charge in [-0.15, -0.1) is 0 Å². The summed E-state index contributed by atoms with van der Waals surface area (Å²) in [5.41, 5.74) is 8.07. The first-order chi connectivity index (χ1) is 12.5. The second-order valence-electron chi connectivity index (χ2n) is 7.74. The van der Waals surface area contributed by atoms with E-state index in [1.54, 1.807) is 0 Å². The van der Waals surface area contributed by atoms with Crippen molar-refractivity contribution in [1.29, 1.82) is 0 Å². The summed E-state index contributed by atoms with van der Waals surface area (Å²) in [5, 5.41) is 4.10. The zero-order valence-electron chi connectivity index (χ0n) is 15.4. The molecule has 1 amide bonds. The number of nitrogens with two attached hydrogens (primary N) is 1. The maximum absolute atomic E-state index is 12.7. The zero-order chi connectivity index (χ0) is 18.3. The van der Waals surface area contributed by atoms with Gasteiger partial charge < -0.3 is 15.2 Å². The maximum atomic E-state index is 12.7. The molecule has 0 radical (unpaired) electrons. The molecule has 1 aliphatic heterocycles. The first kappa shape index (κ1) is 17.2. The van der Waals surface area contributed by atoms with E-state index in [1.165, 1.54) is 5.56 Å². The van der Waals surface area contributed by atoms with E-state index >= 15 is 0 Å². The Morgan fingerprint density at radius 3 is 2.85 bits per heavy atom. The van der Waals surface area contributed by atoms with Crippen molar-refractivity contribution < 1.29 is 9.32 Å². The average molecular weight is 354 g/mol. The third-order valence-corrected chi connectivity index (χ3v) is 5.98. The number of hydrogen-bond donors (Lipinski definition) is 1. The van der Waals surface area contributed by atoms with Crippen LogP contribution in [0.25, 0.3) is 0 Å². The second kappa shape index (κ2) is 6.50. The van der Waals surface area contributed by atoms with Gasteiger partial charge in [0.1, 0.15) is 0 Å². The van der Waals surface area contributed by atoms with Crippen LogP contribution in [0, 0.1) is 0 Å². The molecule has 0 spiro atoms. The molecule has 6 heteroatoms. The maximum Gasteiger partial charge on any atom is 0.232 e. The van der Waals surface area contributed by atoms with Crippen LogP contribution in [-0.4, -0.2) is 22.6 Å². The van der Waals surface area contributed by atoms with Crippen molar-refractivity contribution in [3.63, 3.8) is 0 Å². The van der Waals surface area contributed by atoms with E-state index in [9.17, 15) is 4.79 Å².